The van der Waals surface area contributed by atoms with Crippen LogP contribution in [0.5, 0.6) is 0 Å². The number of aromatic nitrogens is 2. The van der Waals surface area contributed by atoms with Crippen molar-refractivity contribution < 1.29 is 0 Å². The van der Waals surface area contributed by atoms with Gasteiger partial charge in [0, 0.05) is 25.1 Å². The molecule has 4 nitrogen and oxygen atoms in total. The number of hydrogen-bond donors (Lipinski definition) is 2. The highest BCUT2D eigenvalue weighted by atomic mass is 15.1. The van der Waals surface area contributed by atoms with Crippen LogP contribution in [0.3, 0.4) is 0 Å². The van der Waals surface area contributed by atoms with Gasteiger partial charge < -0.3 is 10.6 Å². The summed E-state index contributed by atoms with van der Waals surface area (Å²) in [5.74, 6) is 2.77. The Morgan fingerprint density at radius 3 is 2.53 bits per heavy atom. The van der Waals surface area contributed by atoms with Crippen molar-refractivity contribution in [3.05, 3.63) is 11.9 Å². The molecular weight excluding hydrogens is 212 g/mol. The zero-order valence-electron chi connectivity index (χ0n) is 11.0. The molecule has 0 bridgehead atoms. The van der Waals surface area contributed by atoms with Crippen molar-refractivity contribution in [3.63, 3.8) is 0 Å². The summed E-state index contributed by atoms with van der Waals surface area (Å²) in [5, 5.41) is 6.63. The number of rotatable bonds is 5. The van der Waals surface area contributed by atoms with Crippen LogP contribution in [0.2, 0.25) is 0 Å². The van der Waals surface area contributed by atoms with E-state index in [4.69, 9.17) is 0 Å². The monoisotopic (exact) mass is 234 g/mol. The van der Waals surface area contributed by atoms with Crippen molar-refractivity contribution in [2.45, 2.75) is 51.5 Å². The highest BCUT2D eigenvalue weighted by Crippen LogP contribution is 2.34. The second-order valence-corrected chi connectivity index (χ2v) is 5.09. The van der Waals surface area contributed by atoms with Gasteiger partial charge in [-0.3, -0.25) is 0 Å². The molecule has 0 atom stereocenters. The Bertz CT molecular complexity index is 385. The van der Waals surface area contributed by atoms with Gasteiger partial charge in [0.2, 0.25) is 0 Å². The summed E-state index contributed by atoms with van der Waals surface area (Å²) >= 11 is 0. The molecule has 0 aliphatic heterocycles. The lowest BCUT2D eigenvalue weighted by molar-refractivity contribution is 0.305. The summed E-state index contributed by atoms with van der Waals surface area (Å²) < 4.78 is 0. The Morgan fingerprint density at radius 2 is 2.00 bits per heavy atom. The van der Waals surface area contributed by atoms with E-state index in [0.29, 0.717) is 0 Å². The van der Waals surface area contributed by atoms with Gasteiger partial charge in [0.15, 0.2) is 0 Å². The van der Waals surface area contributed by atoms with Crippen LogP contribution in [-0.4, -0.2) is 22.6 Å². The lowest BCUT2D eigenvalue weighted by Gasteiger charge is -2.39. The second-order valence-electron chi connectivity index (χ2n) is 5.09. The molecule has 1 saturated carbocycles. The minimum atomic E-state index is 0.239. The van der Waals surface area contributed by atoms with E-state index in [9.17, 15) is 0 Å². The second kappa shape index (κ2) is 4.90. The Labute approximate surface area is 103 Å². The molecule has 1 aliphatic carbocycles. The van der Waals surface area contributed by atoms with Crippen molar-refractivity contribution in [1.29, 1.82) is 0 Å². The van der Waals surface area contributed by atoms with Gasteiger partial charge in [0.1, 0.15) is 17.5 Å². The minimum Gasteiger partial charge on any atom is -0.373 e. The van der Waals surface area contributed by atoms with Crippen molar-refractivity contribution in [2.24, 2.45) is 0 Å². The molecule has 0 amide bonds. The summed E-state index contributed by atoms with van der Waals surface area (Å²) in [5.41, 5.74) is 0.239. The lowest BCUT2D eigenvalue weighted by Crippen LogP contribution is -2.42. The van der Waals surface area contributed by atoms with Gasteiger partial charge in [0.25, 0.3) is 0 Å². The van der Waals surface area contributed by atoms with Gasteiger partial charge in [-0.25, -0.2) is 9.97 Å². The van der Waals surface area contributed by atoms with Crippen LogP contribution in [0.1, 0.15) is 45.4 Å². The maximum absolute atomic E-state index is 4.58. The molecule has 1 aromatic heterocycles. The zero-order valence-corrected chi connectivity index (χ0v) is 11.0. The van der Waals surface area contributed by atoms with Gasteiger partial charge in [0.05, 0.1) is 0 Å². The van der Waals surface area contributed by atoms with Gasteiger partial charge in [-0.2, -0.15) is 0 Å². The summed E-state index contributed by atoms with van der Waals surface area (Å²) in [6.07, 6.45) is 5.78. The van der Waals surface area contributed by atoms with Crippen LogP contribution >= 0.6 is 0 Å². The molecule has 1 fully saturated rings. The first kappa shape index (κ1) is 12.1. The van der Waals surface area contributed by atoms with Crippen LogP contribution in [-0.2, 0) is 6.42 Å². The van der Waals surface area contributed by atoms with Crippen LogP contribution in [0.25, 0.3) is 0 Å². The molecule has 0 unspecified atom stereocenters. The first-order valence-electron chi connectivity index (χ1n) is 6.49. The number of nitrogens with zero attached hydrogens (tertiary/aromatic N) is 2. The van der Waals surface area contributed by atoms with Crippen molar-refractivity contribution in [1.82, 2.24) is 9.97 Å². The van der Waals surface area contributed by atoms with Crippen LogP contribution in [0.15, 0.2) is 6.07 Å². The number of hydrogen-bond acceptors (Lipinski definition) is 4. The molecule has 0 saturated heterocycles. The number of aryl methyl sites for hydroxylation is 1. The molecule has 2 rings (SSSR count). The first-order valence-corrected chi connectivity index (χ1v) is 6.49. The van der Waals surface area contributed by atoms with E-state index in [1.807, 2.05) is 13.1 Å². The number of anilines is 2. The third-order valence-corrected chi connectivity index (χ3v) is 3.39. The van der Waals surface area contributed by atoms with E-state index >= 15 is 0 Å². The highest BCUT2D eigenvalue weighted by molar-refractivity contribution is 5.49. The minimum absolute atomic E-state index is 0.239. The predicted octanol–water partition coefficient (Wildman–Crippen LogP) is 2.83. The van der Waals surface area contributed by atoms with Gasteiger partial charge in [-0.15, -0.1) is 0 Å². The molecule has 17 heavy (non-hydrogen) atoms. The predicted molar refractivity (Wildman–Crippen MR) is 71.5 cm³/mol. The van der Waals surface area contributed by atoms with E-state index in [0.717, 1.165) is 30.3 Å². The Balaban J connectivity index is 2.16. The molecule has 4 heteroatoms. The summed E-state index contributed by atoms with van der Waals surface area (Å²) in [4.78, 5) is 9.03. The fraction of sp³-hybridized carbons (Fsp3) is 0.692. The van der Waals surface area contributed by atoms with E-state index in [-0.39, 0.29) is 5.54 Å². The molecule has 0 radical (unpaired) electrons. The summed E-state index contributed by atoms with van der Waals surface area (Å²) in [7, 11) is 1.90. The Morgan fingerprint density at radius 1 is 1.29 bits per heavy atom. The van der Waals surface area contributed by atoms with Crippen molar-refractivity contribution in [3.8, 4) is 0 Å². The molecule has 0 aromatic carbocycles. The van der Waals surface area contributed by atoms with Gasteiger partial charge in [-0.05, 0) is 32.6 Å². The normalized spacial score (nSPS) is 17.4. The van der Waals surface area contributed by atoms with E-state index in [1.54, 1.807) is 0 Å². The smallest absolute Gasteiger partial charge is 0.133 e. The van der Waals surface area contributed by atoms with Crippen LogP contribution < -0.4 is 10.6 Å². The van der Waals surface area contributed by atoms with E-state index in [2.05, 4.69) is 34.4 Å². The van der Waals surface area contributed by atoms with Crippen LogP contribution in [0.4, 0.5) is 11.6 Å². The van der Waals surface area contributed by atoms with Crippen molar-refractivity contribution >= 4 is 11.6 Å². The summed E-state index contributed by atoms with van der Waals surface area (Å²) in [6.45, 7) is 4.41. The van der Waals surface area contributed by atoms with Crippen molar-refractivity contribution in [2.75, 3.05) is 17.7 Å². The quantitative estimate of drug-likeness (QED) is 0.822. The third-order valence-electron chi connectivity index (χ3n) is 3.39. The first-order chi connectivity index (χ1) is 8.15. The Hall–Kier alpha value is -1.32. The van der Waals surface area contributed by atoms with E-state index in [1.165, 1.54) is 19.3 Å². The topological polar surface area (TPSA) is 49.8 Å². The zero-order chi connectivity index (χ0) is 12.3. The maximum atomic E-state index is 4.58. The molecule has 2 N–H and O–H groups in total. The van der Waals surface area contributed by atoms with Gasteiger partial charge in [-0.1, -0.05) is 6.92 Å². The fourth-order valence-electron chi connectivity index (χ4n) is 2.17. The molecule has 1 aromatic rings. The third kappa shape index (κ3) is 2.87. The fourth-order valence-corrected chi connectivity index (χ4v) is 2.17. The standard InChI is InChI=1S/C13H22N4/c1-4-6-10-15-11(14-3)9-12(16-10)17-13(2)7-5-8-13/h9H,4-8H2,1-3H3,(H2,14,15,16,17). The molecule has 0 spiro atoms. The highest BCUT2D eigenvalue weighted by Gasteiger charge is 2.31. The Kier molecular flexibility index (Phi) is 3.50. The maximum Gasteiger partial charge on any atom is 0.133 e. The van der Waals surface area contributed by atoms with Crippen LogP contribution in [0, 0.1) is 0 Å². The van der Waals surface area contributed by atoms with Gasteiger partial charge >= 0.3 is 0 Å². The molecule has 1 heterocycles. The average molecular weight is 234 g/mol. The molecule has 94 valence electrons. The largest absolute Gasteiger partial charge is 0.373 e. The molecular formula is C13H22N4. The SMILES string of the molecule is CCCc1nc(NC)cc(NC2(C)CCC2)n1. The summed E-state index contributed by atoms with van der Waals surface area (Å²) in [6, 6.07) is 1.99. The number of nitrogens with one attached hydrogen (secondary N) is 2. The lowest BCUT2D eigenvalue weighted by atomic mass is 9.78. The van der Waals surface area contributed by atoms with E-state index < -0.39 is 0 Å². The molecule has 1 aliphatic rings. The average Bonchev–Trinajstić information content (AvgIpc) is 2.27.